The number of nitrogens with one attached hydrogen (secondary N) is 3. The standard InChI is InChI=1S/C17H20N6O2/c1-3-15(24)23-9-11(10-23)7-20-14-6-12(8-21-16(14)25)13-4-5-19-17(18-2)22-13/h3-6,8,11,20H,1,7,9-10H2,2H3,(H,21,25)(H,18,19,22). The molecule has 3 N–H and O–H groups in total. The lowest BCUT2D eigenvalue weighted by Gasteiger charge is -2.38. The Bertz CT molecular complexity index is 841. The molecular weight excluding hydrogens is 320 g/mol. The summed E-state index contributed by atoms with van der Waals surface area (Å²) in [6, 6.07) is 3.55. The van der Waals surface area contributed by atoms with E-state index in [-0.39, 0.29) is 11.5 Å². The van der Waals surface area contributed by atoms with Gasteiger partial charge in [-0.2, -0.15) is 0 Å². The van der Waals surface area contributed by atoms with Gasteiger partial charge in [-0.1, -0.05) is 6.58 Å². The van der Waals surface area contributed by atoms with Gasteiger partial charge in [-0.05, 0) is 18.2 Å². The van der Waals surface area contributed by atoms with Crippen molar-refractivity contribution in [2.24, 2.45) is 5.92 Å². The number of aromatic amines is 1. The highest BCUT2D eigenvalue weighted by molar-refractivity contribution is 5.87. The average Bonchev–Trinajstić information content (AvgIpc) is 2.61. The van der Waals surface area contributed by atoms with Gasteiger partial charge in [-0.15, -0.1) is 0 Å². The Morgan fingerprint density at radius 2 is 2.32 bits per heavy atom. The van der Waals surface area contributed by atoms with Gasteiger partial charge in [0.2, 0.25) is 11.9 Å². The second-order valence-electron chi connectivity index (χ2n) is 5.84. The molecule has 8 heteroatoms. The Morgan fingerprint density at radius 1 is 1.52 bits per heavy atom. The largest absolute Gasteiger partial charge is 0.380 e. The molecule has 0 radical (unpaired) electrons. The summed E-state index contributed by atoms with van der Waals surface area (Å²) in [6.07, 6.45) is 4.61. The van der Waals surface area contributed by atoms with Crippen LogP contribution in [-0.2, 0) is 4.79 Å². The Kier molecular flexibility index (Phi) is 4.78. The fourth-order valence-corrected chi connectivity index (χ4v) is 2.67. The molecule has 1 saturated heterocycles. The number of hydrogen-bond donors (Lipinski definition) is 3. The lowest BCUT2D eigenvalue weighted by Crippen LogP contribution is -2.51. The van der Waals surface area contributed by atoms with E-state index in [9.17, 15) is 9.59 Å². The van der Waals surface area contributed by atoms with Crippen LogP contribution in [0.4, 0.5) is 11.6 Å². The second-order valence-corrected chi connectivity index (χ2v) is 5.84. The number of likely N-dealkylation sites (tertiary alicyclic amines) is 1. The molecule has 0 bridgehead atoms. The van der Waals surface area contributed by atoms with Crippen LogP contribution in [0.5, 0.6) is 0 Å². The van der Waals surface area contributed by atoms with Crippen molar-refractivity contribution in [3.63, 3.8) is 0 Å². The summed E-state index contributed by atoms with van der Waals surface area (Å²) in [4.78, 5) is 36.4. The number of pyridine rings is 1. The second kappa shape index (κ2) is 7.16. The third-order valence-corrected chi connectivity index (χ3v) is 4.10. The Hall–Kier alpha value is -3.16. The van der Waals surface area contributed by atoms with Crippen molar-refractivity contribution in [3.05, 3.63) is 47.5 Å². The van der Waals surface area contributed by atoms with Crippen LogP contribution in [0, 0.1) is 5.92 Å². The Labute approximate surface area is 145 Å². The van der Waals surface area contributed by atoms with Crippen molar-refractivity contribution >= 4 is 17.5 Å². The number of anilines is 2. The summed E-state index contributed by atoms with van der Waals surface area (Å²) in [5.41, 5.74) is 1.80. The van der Waals surface area contributed by atoms with Gasteiger partial charge in [0.1, 0.15) is 5.69 Å². The van der Waals surface area contributed by atoms with Crippen molar-refractivity contribution in [3.8, 4) is 11.3 Å². The average molecular weight is 340 g/mol. The van der Waals surface area contributed by atoms with Crippen molar-refractivity contribution in [2.75, 3.05) is 37.3 Å². The van der Waals surface area contributed by atoms with Crippen LogP contribution in [-0.4, -0.2) is 52.4 Å². The maximum absolute atomic E-state index is 12.0. The van der Waals surface area contributed by atoms with Crippen LogP contribution in [0.2, 0.25) is 0 Å². The molecule has 1 fully saturated rings. The molecule has 1 amide bonds. The predicted octanol–water partition coefficient (Wildman–Crippen LogP) is 0.930. The van der Waals surface area contributed by atoms with Gasteiger partial charge in [0, 0.05) is 50.6 Å². The quantitative estimate of drug-likeness (QED) is 0.676. The molecule has 0 atom stereocenters. The highest BCUT2D eigenvalue weighted by Gasteiger charge is 2.28. The van der Waals surface area contributed by atoms with Gasteiger partial charge in [-0.3, -0.25) is 9.59 Å². The third-order valence-electron chi connectivity index (χ3n) is 4.10. The number of hydrogen-bond acceptors (Lipinski definition) is 6. The molecule has 2 aromatic heterocycles. The fraction of sp³-hybridized carbons (Fsp3) is 0.294. The third kappa shape index (κ3) is 3.68. The van der Waals surface area contributed by atoms with E-state index in [1.165, 1.54) is 6.08 Å². The smallest absolute Gasteiger partial charge is 0.271 e. The minimum absolute atomic E-state index is 0.0554. The molecule has 1 aliphatic rings. The van der Waals surface area contributed by atoms with E-state index in [1.54, 1.807) is 36.5 Å². The van der Waals surface area contributed by atoms with Crippen LogP contribution in [0.25, 0.3) is 11.3 Å². The van der Waals surface area contributed by atoms with E-state index in [1.807, 2.05) is 0 Å². The number of nitrogens with zero attached hydrogens (tertiary/aromatic N) is 3. The lowest BCUT2D eigenvalue weighted by atomic mass is 10.00. The summed E-state index contributed by atoms with van der Waals surface area (Å²) in [5.74, 6) is 0.779. The molecule has 130 valence electrons. The van der Waals surface area contributed by atoms with Gasteiger partial charge in [-0.25, -0.2) is 9.97 Å². The molecule has 0 aromatic carbocycles. The number of aromatic nitrogens is 3. The summed E-state index contributed by atoms with van der Waals surface area (Å²) < 4.78 is 0. The van der Waals surface area contributed by atoms with E-state index in [0.717, 1.165) is 5.56 Å². The number of amides is 1. The summed E-state index contributed by atoms with van der Waals surface area (Å²) in [5, 5.41) is 6.05. The predicted molar refractivity (Wildman–Crippen MR) is 96.4 cm³/mol. The highest BCUT2D eigenvalue weighted by atomic mass is 16.2. The Balaban J connectivity index is 1.67. The van der Waals surface area contributed by atoms with Gasteiger partial charge in [0.05, 0.1) is 5.69 Å². The first-order valence-corrected chi connectivity index (χ1v) is 8.00. The maximum Gasteiger partial charge on any atom is 0.271 e. The van der Waals surface area contributed by atoms with Gasteiger partial charge < -0.3 is 20.5 Å². The molecule has 3 rings (SSSR count). The first-order valence-electron chi connectivity index (χ1n) is 8.00. The topological polar surface area (TPSA) is 103 Å². The van der Waals surface area contributed by atoms with Crippen LogP contribution in [0.15, 0.2) is 42.0 Å². The Morgan fingerprint density at radius 3 is 3.04 bits per heavy atom. The van der Waals surface area contributed by atoms with Crippen LogP contribution in [0.1, 0.15) is 0 Å². The lowest BCUT2D eigenvalue weighted by molar-refractivity contribution is -0.131. The van der Waals surface area contributed by atoms with Crippen LogP contribution in [0.3, 0.4) is 0 Å². The van der Waals surface area contributed by atoms with Crippen molar-refractivity contribution < 1.29 is 4.79 Å². The van der Waals surface area contributed by atoms with Crippen LogP contribution < -0.4 is 16.2 Å². The maximum atomic E-state index is 12.0. The molecule has 2 aromatic rings. The number of rotatable bonds is 6. The van der Waals surface area contributed by atoms with E-state index < -0.39 is 0 Å². The molecule has 8 nitrogen and oxygen atoms in total. The fourth-order valence-electron chi connectivity index (χ4n) is 2.67. The number of H-pyrrole nitrogens is 1. The van der Waals surface area contributed by atoms with Gasteiger partial charge >= 0.3 is 0 Å². The first kappa shape index (κ1) is 16.7. The highest BCUT2D eigenvalue weighted by Crippen LogP contribution is 2.20. The summed E-state index contributed by atoms with van der Waals surface area (Å²) in [6.45, 7) is 5.45. The number of carbonyl (C=O) groups excluding carboxylic acids is 1. The first-order chi connectivity index (χ1) is 12.1. The normalized spacial score (nSPS) is 13.9. The van der Waals surface area contributed by atoms with E-state index in [2.05, 4.69) is 32.2 Å². The minimum atomic E-state index is -0.190. The minimum Gasteiger partial charge on any atom is -0.380 e. The molecule has 0 aliphatic carbocycles. The van der Waals surface area contributed by atoms with Crippen molar-refractivity contribution in [1.82, 2.24) is 19.9 Å². The van der Waals surface area contributed by atoms with Gasteiger partial charge in [0.15, 0.2) is 0 Å². The van der Waals surface area contributed by atoms with Crippen molar-refractivity contribution in [1.29, 1.82) is 0 Å². The van der Waals surface area contributed by atoms with Crippen LogP contribution >= 0.6 is 0 Å². The SMILES string of the molecule is C=CC(=O)N1CC(CNc2cc(-c3ccnc(NC)n3)c[nH]c2=O)C1. The van der Waals surface area contributed by atoms with E-state index >= 15 is 0 Å². The van der Waals surface area contributed by atoms with E-state index in [0.29, 0.717) is 42.9 Å². The zero-order chi connectivity index (χ0) is 17.8. The molecular formula is C17H20N6O2. The summed E-state index contributed by atoms with van der Waals surface area (Å²) >= 11 is 0. The van der Waals surface area contributed by atoms with E-state index in [4.69, 9.17) is 0 Å². The monoisotopic (exact) mass is 340 g/mol. The van der Waals surface area contributed by atoms with Crippen molar-refractivity contribution in [2.45, 2.75) is 0 Å². The summed E-state index contributed by atoms with van der Waals surface area (Å²) in [7, 11) is 1.75. The molecule has 0 saturated carbocycles. The van der Waals surface area contributed by atoms with Gasteiger partial charge in [0.25, 0.3) is 5.56 Å². The number of carbonyl (C=O) groups is 1. The zero-order valence-electron chi connectivity index (χ0n) is 14.0. The zero-order valence-corrected chi connectivity index (χ0v) is 14.0. The molecule has 0 unspecified atom stereocenters. The molecule has 1 aliphatic heterocycles. The molecule has 25 heavy (non-hydrogen) atoms. The molecule has 0 spiro atoms. The molecule has 3 heterocycles.